The van der Waals surface area contributed by atoms with Crippen LogP contribution in [0.2, 0.25) is 0 Å². The van der Waals surface area contributed by atoms with Gasteiger partial charge in [-0.3, -0.25) is 4.99 Å². The second-order valence-electron chi connectivity index (χ2n) is 5.56. The van der Waals surface area contributed by atoms with Crippen molar-refractivity contribution in [1.82, 2.24) is 20.2 Å². The van der Waals surface area contributed by atoms with Crippen molar-refractivity contribution in [3.8, 4) is 0 Å². The molecule has 0 unspecified atom stereocenters. The monoisotopic (exact) mass is 425 g/mol. The fourth-order valence-corrected chi connectivity index (χ4v) is 2.77. The zero-order chi connectivity index (χ0) is 15.2. The Kier molecular flexibility index (Phi) is 6.88. The van der Waals surface area contributed by atoms with Gasteiger partial charge in [-0.05, 0) is 31.4 Å². The SMILES string of the molecule is CN=C(NCCCn1cnc2ccccc21)NC1CC=CC1.I. The van der Waals surface area contributed by atoms with Crippen LogP contribution < -0.4 is 10.6 Å². The Balaban J connectivity index is 0.00000192. The Hall–Kier alpha value is -1.57. The summed E-state index contributed by atoms with van der Waals surface area (Å²) in [5.74, 6) is 0.893. The molecule has 3 rings (SSSR count). The zero-order valence-corrected chi connectivity index (χ0v) is 15.7. The van der Waals surface area contributed by atoms with E-state index < -0.39 is 0 Å². The van der Waals surface area contributed by atoms with E-state index in [9.17, 15) is 0 Å². The van der Waals surface area contributed by atoms with E-state index in [0.29, 0.717) is 6.04 Å². The third-order valence-corrected chi connectivity index (χ3v) is 3.97. The molecule has 0 fully saturated rings. The van der Waals surface area contributed by atoms with Crippen molar-refractivity contribution in [3.63, 3.8) is 0 Å². The molecule has 0 saturated heterocycles. The van der Waals surface area contributed by atoms with Gasteiger partial charge in [0, 0.05) is 26.2 Å². The predicted octanol–water partition coefficient (Wildman–Crippen LogP) is 2.93. The third-order valence-electron chi connectivity index (χ3n) is 3.97. The summed E-state index contributed by atoms with van der Waals surface area (Å²) in [6, 6.07) is 8.73. The Morgan fingerprint density at radius 2 is 2.09 bits per heavy atom. The number of rotatable bonds is 5. The molecule has 124 valence electrons. The van der Waals surface area contributed by atoms with Crippen molar-refractivity contribution in [2.75, 3.05) is 13.6 Å². The number of hydrogen-bond acceptors (Lipinski definition) is 2. The molecule has 1 heterocycles. The number of guanidine groups is 1. The fourth-order valence-electron chi connectivity index (χ4n) is 2.77. The number of halogens is 1. The van der Waals surface area contributed by atoms with E-state index in [4.69, 9.17) is 0 Å². The maximum Gasteiger partial charge on any atom is 0.191 e. The molecule has 0 radical (unpaired) electrons. The van der Waals surface area contributed by atoms with Crippen LogP contribution in [-0.4, -0.2) is 35.1 Å². The van der Waals surface area contributed by atoms with Gasteiger partial charge in [0.1, 0.15) is 0 Å². The Morgan fingerprint density at radius 1 is 1.30 bits per heavy atom. The fraction of sp³-hybridized carbons (Fsp3) is 0.412. The number of aromatic nitrogens is 2. The van der Waals surface area contributed by atoms with Crippen LogP contribution >= 0.6 is 24.0 Å². The highest BCUT2D eigenvalue weighted by Crippen LogP contribution is 2.12. The average Bonchev–Trinajstić information content (AvgIpc) is 3.20. The molecule has 0 saturated carbocycles. The highest BCUT2D eigenvalue weighted by Gasteiger charge is 2.11. The average molecular weight is 425 g/mol. The lowest BCUT2D eigenvalue weighted by molar-refractivity contribution is 0.609. The van der Waals surface area contributed by atoms with Gasteiger partial charge in [-0.2, -0.15) is 0 Å². The van der Waals surface area contributed by atoms with Gasteiger partial charge < -0.3 is 15.2 Å². The van der Waals surface area contributed by atoms with E-state index in [1.165, 1.54) is 5.52 Å². The molecular weight excluding hydrogens is 401 g/mol. The van der Waals surface area contributed by atoms with Crippen LogP contribution in [0, 0.1) is 0 Å². The molecule has 2 N–H and O–H groups in total. The summed E-state index contributed by atoms with van der Waals surface area (Å²) < 4.78 is 2.20. The lowest BCUT2D eigenvalue weighted by Crippen LogP contribution is -2.42. The summed E-state index contributed by atoms with van der Waals surface area (Å²) in [6.45, 7) is 1.85. The quantitative estimate of drug-likeness (QED) is 0.255. The van der Waals surface area contributed by atoms with E-state index in [1.807, 2.05) is 25.5 Å². The van der Waals surface area contributed by atoms with E-state index in [0.717, 1.165) is 43.8 Å². The molecule has 1 aliphatic carbocycles. The number of aliphatic imine (C=N–C) groups is 1. The summed E-state index contributed by atoms with van der Waals surface area (Å²) in [4.78, 5) is 8.70. The first-order chi connectivity index (χ1) is 10.9. The van der Waals surface area contributed by atoms with Crippen molar-refractivity contribution in [2.24, 2.45) is 4.99 Å². The standard InChI is InChI=1S/C17H23N5.HI/c1-18-17(21-14-7-2-3-8-14)19-11-6-12-22-13-20-15-9-4-5-10-16(15)22;/h2-5,9-10,13-14H,6-8,11-12H2,1H3,(H2,18,19,21);1H. The Morgan fingerprint density at radius 3 is 2.87 bits per heavy atom. The second-order valence-corrected chi connectivity index (χ2v) is 5.56. The van der Waals surface area contributed by atoms with Crippen molar-refractivity contribution in [2.45, 2.75) is 31.8 Å². The van der Waals surface area contributed by atoms with Gasteiger partial charge in [-0.15, -0.1) is 24.0 Å². The van der Waals surface area contributed by atoms with Crippen LogP contribution in [0.1, 0.15) is 19.3 Å². The highest BCUT2D eigenvalue weighted by atomic mass is 127. The van der Waals surface area contributed by atoms with Gasteiger partial charge in [0.15, 0.2) is 5.96 Å². The summed E-state index contributed by atoms with van der Waals surface area (Å²) in [7, 11) is 1.82. The zero-order valence-electron chi connectivity index (χ0n) is 13.4. The summed E-state index contributed by atoms with van der Waals surface area (Å²) in [5, 5.41) is 6.83. The molecule has 0 spiro atoms. The van der Waals surface area contributed by atoms with Crippen molar-refractivity contribution >= 4 is 41.0 Å². The van der Waals surface area contributed by atoms with Gasteiger partial charge in [0.25, 0.3) is 0 Å². The van der Waals surface area contributed by atoms with Crippen LogP contribution in [-0.2, 0) is 6.54 Å². The third kappa shape index (κ3) is 4.70. The minimum absolute atomic E-state index is 0. The summed E-state index contributed by atoms with van der Waals surface area (Å²) in [5.41, 5.74) is 2.25. The van der Waals surface area contributed by atoms with E-state index in [2.05, 4.69) is 49.5 Å². The largest absolute Gasteiger partial charge is 0.356 e. The molecule has 0 amide bonds. The second kappa shape index (κ2) is 8.90. The molecule has 5 nitrogen and oxygen atoms in total. The van der Waals surface area contributed by atoms with Crippen molar-refractivity contribution in [1.29, 1.82) is 0 Å². The molecule has 1 aromatic heterocycles. The molecule has 0 aliphatic heterocycles. The van der Waals surface area contributed by atoms with Gasteiger partial charge in [-0.25, -0.2) is 4.98 Å². The van der Waals surface area contributed by atoms with Gasteiger partial charge in [-0.1, -0.05) is 24.3 Å². The lowest BCUT2D eigenvalue weighted by Gasteiger charge is -2.16. The molecule has 1 aromatic carbocycles. The molecular formula is C17H24IN5. The summed E-state index contributed by atoms with van der Waals surface area (Å²) in [6.07, 6.45) is 9.56. The number of imidazole rings is 1. The predicted molar refractivity (Wildman–Crippen MR) is 106 cm³/mol. The van der Waals surface area contributed by atoms with E-state index in [-0.39, 0.29) is 24.0 Å². The minimum Gasteiger partial charge on any atom is -0.356 e. The van der Waals surface area contributed by atoms with Gasteiger partial charge in [0.2, 0.25) is 0 Å². The number of fused-ring (bicyclic) bond motifs is 1. The maximum absolute atomic E-state index is 4.42. The number of nitrogens with zero attached hydrogens (tertiary/aromatic N) is 3. The Bertz CT molecular complexity index is 668. The van der Waals surface area contributed by atoms with E-state index in [1.54, 1.807) is 0 Å². The number of aryl methyl sites for hydroxylation is 1. The minimum atomic E-state index is 0. The van der Waals surface area contributed by atoms with Crippen LogP contribution in [0.25, 0.3) is 11.0 Å². The van der Waals surface area contributed by atoms with Gasteiger partial charge >= 0.3 is 0 Å². The maximum atomic E-state index is 4.42. The molecule has 0 atom stereocenters. The number of hydrogen-bond donors (Lipinski definition) is 2. The lowest BCUT2D eigenvalue weighted by atomic mass is 10.2. The first-order valence-electron chi connectivity index (χ1n) is 7.89. The van der Waals surface area contributed by atoms with Crippen molar-refractivity contribution < 1.29 is 0 Å². The molecule has 23 heavy (non-hydrogen) atoms. The topological polar surface area (TPSA) is 54.2 Å². The van der Waals surface area contributed by atoms with Gasteiger partial charge in [0.05, 0.1) is 17.4 Å². The molecule has 1 aliphatic rings. The van der Waals surface area contributed by atoms with Crippen LogP contribution in [0.4, 0.5) is 0 Å². The first-order valence-corrected chi connectivity index (χ1v) is 7.89. The van der Waals surface area contributed by atoms with Crippen LogP contribution in [0.15, 0.2) is 47.7 Å². The van der Waals surface area contributed by atoms with Crippen molar-refractivity contribution in [3.05, 3.63) is 42.7 Å². The van der Waals surface area contributed by atoms with Crippen LogP contribution in [0.3, 0.4) is 0 Å². The highest BCUT2D eigenvalue weighted by molar-refractivity contribution is 14.0. The Labute approximate surface area is 154 Å². The number of nitrogens with one attached hydrogen (secondary N) is 2. The molecule has 2 aromatic rings. The molecule has 6 heteroatoms. The normalized spacial score (nSPS) is 14.9. The molecule has 0 bridgehead atoms. The summed E-state index contributed by atoms with van der Waals surface area (Å²) >= 11 is 0. The van der Waals surface area contributed by atoms with Crippen LogP contribution in [0.5, 0.6) is 0 Å². The number of para-hydroxylation sites is 2. The number of benzene rings is 1. The van der Waals surface area contributed by atoms with E-state index >= 15 is 0 Å². The smallest absolute Gasteiger partial charge is 0.191 e. The first kappa shape index (κ1) is 17.8.